The maximum Gasteiger partial charge on any atom is 0.290 e. The highest BCUT2D eigenvalue weighted by molar-refractivity contribution is 6.10. The Morgan fingerprint density at radius 2 is 1.93 bits per heavy atom. The Balaban J connectivity index is 2.54. The van der Waals surface area contributed by atoms with Crippen LogP contribution in [0, 0.1) is 5.41 Å². The summed E-state index contributed by atoms with van der Waals surface area (Å²) in [6.45, 7) is 10.3. The fraction of sp³-hybridized carbons (Fsp3) is 0.545. The minimum atomic E-state index is -0.717. The van der Waals surface area contributed by atoms with Gasteiger partial charge in [0.1, 0.15) is 5.75 Å². The molecule has 28 heavy (non-hydrogen) atoms. The van der Waals surface area contributed by atoms with Gasteiger partial charge >= 0.3 is 0 Å². The van der Waals surface area contributed by atoms with Crippen LogP contribution in [0.2, 0.25) is 0 Å². The average Bonchev–Trinajstić information content (AvgIpc) is 2.82. The standard InChI is InChI=1S/C22H32N2O4/c1-14(2)28-16-10-8-9-15(13-16)18-17(20(26)22(3,4)5)19(25)21(27)24(18)12-11-23(6)7/h8-10,13-14,18,25H,11-12H2,1-7H3. The molecule has 0 bridgehead atoms. The van der Waals surface area contributed by atoms with E-state index in [4.69, 9.17) is 4.74 Å². The van der Waals surface area contributed by atoms with Crippen LogP contribution in [0.25, 0.3) is 0 Å². The predicted molar refractivity (Wildman–Crippen MR) is 109 cm³/mol. The lowest BCUT2D eigenvalue weighted by molar-refractivity contribution is -0.129. The molecule has 0 aliphatic carbocycles. The van der Waals surface area contributed by atoms with E-state index < -0.39 is 23.1 Å². The van der Waals surface area contributed by atoms with Gasteiger partial charge in [-0.25, -0.2) is 0 Å². The number of Topliss-reactive ketones (excluding diaryl/α,β-unsaturated/α-hetero) is 1. The van der Waals surface area contributed by atoms with Crippen LogP contribution >= 0.6 is 0 Å². The van der Waals surface area contributed by atoms with Crippen LogP contribution < -0.4 is 4.74 Å². The van der Waals surface area contributed by atoms with Crippen molar-refractivity contribution in [1.82, 2.24) is 9.80 Å². The molecule has 1 aliphatic rings. The third-order valence-corrected chi connectivity index (χ3v) is 4.56. The monoisotopic (exact) mass is 388 g/mol. The molecular weight excluding hydrogens is 356 g/mol. The summed E-state index contributed by atoms with van der Waals surface area (Å²) in [7, 11) is 3.84. The van der Waals surface area contributed by atoms with E-state index in [9.17, 15) is 14.7 Å². The Hall–Kier alpha value is -2.34. The molecule has 1 aliphatic heterocycles. The van der Waals surface area contributed by atoms with Crippen LogP contribution in [0.3, 0.4) is 0 Å². The Labute approximate surface area is 167 Å². The Morgan fingerprint density at radius 3 is 2.46 bits per heavy atom. The Bertz CT molecular complexity index is 775. The smallest absolute Gasteiger partial charge is 0.290 e. The normalized spacial score (nSPS) is 17.8. The first-order valence-electron chi connectivity index (χ1n) is 9.63. The molecule has 1 unspecified atom stereocenters. The van der Waals surface area contributed by atoms with E-state index in [0.717, 1.165) is 5.56 Å². The van der Waals surface area contributed by atoms with Crippen molar-refractivity contribution >= 4 is 11.7 Å². The second-order valence-corrected chi connectivity index (χ2v) is 8.78. The molecule has 0 spiro atoms. The van der Waals surface area contributed by atoms with Crippen molar-refractivity contribution in [2.75, 3.05) is 27.2 Å². The zero-order chi connectivity index (χ0) is 21.2. The molecule has 1 heterocycles. The zero-order valence-corrected chi connectivity index (χ0v) is 17.9. The second kappa shape index (κ2) is 8.35. The van der Waals surface area contributed by atoms with Gasteiger partial charge in [-0.1, -0.05) is 32.9 Å². The van der Waals surface area contributed by atoms with Gasteiger partial charge < -0.3 is 19.6 Å². The lowest BCUT2D eigenvalue weighted by Gasteiger charge is -2.30. The van der Waals surface area contributed by atoms with Gasteiger partial charge in [0.15, 0.2) is 11.5 Å². The van der Waals surface area contributed by atoms with Gasteiger partial charge in [0.25, 0.3) is 5.91 Å². The average molecular weight is 389 g/mol. The highest BCUT2D eigenvalue weighted by atomic mass is 16.5. The number of carbonyl (C=O) groups excluding carboxylic acids is 2. The fourth-order valence-electron chi connectivity index (χ4n) is 3.20. The summed E-state index contributed by atoms with van der Waals surface area (Å²) in [4.78, 5) is 29.5. The van der Waals surface area contributed by atoms with Crippen LogP contribution in [0.15, 0.2) is 35.6 Å². The summed E-state index contributed by atoms with van der Waals surface area (Å²) in [6.07, 6.45) is 0.00456. The fourth-order valence-corrected chi connectivity index (χ4v) is 3.20. The number of benzene rings is 1. The number of aliphatic hydroxyl groups excluding tert-OH is 1. The van der Waals surface area contributed by atoms with E-state index in [1.165, 1.54) is 0 Å². The zero-order valence-electron chi connectivity index (χ0n) is 17.9. The van der Waals surface area contributed by atoms with E-state index >= 15 is 0 Å². The minimum absolute atomic E-state index is 0.00456. The van der Waals surface area contributed by atoms with Crippen LogP contribution in [0.4, 0.5) is 0 Å². The lowest BCUT2D eigenvalue weighted by Crippen LogP contribution is -2.37. The van der Waals surface area contributed by atoms with Gasteiger partial charge in [0, 0.05) is 18.5 Å². The molecule has 0 saturated carbocycles. The number of hydrogen-bond donors (Lipinski definition) is 1. The molecule has 6 nitrogen and oxygen atoms in total. The number of nitrogens with zero attached hydrogens (tertiary/aromatic N) is 2. The van der Waals surface area contributed by atoms with Crippen LogP contribution in [0.5, 0.6) is 5.75 Å². The largest absolute Gasteiger partial charge is 0.503 e. The molecule has 1 aromatic carbocycles. The highest BCUT2D eigenvalue weighted by Gasteiger charge is 2.45. The van der Waals surface area contributed by atoms with Gasteiger partial charge in [-0.05, 0) is 45.6 Å². The topological polar surface area (TPSA) is 70.1 Å². The summed E-state index contributed by atoms with van der Waals surface area (Å²) < 4.78 is 5.79. The Kier molecular flexibility index (Phi) is 6.55. The van der Waals surface area contributed by atoms with Crippen LogP contribution in [-0.4, -0.2) is 59.9 Å². The van der Waals surface area contributed by atoms with Crippen molar-refractivity contribution in [2.24, 2.45) is 5.41 Å². The van der Waals surface area contributed by atoms with Crippen molar-refractivity contribution in [3.63, 3.8) is 0 Å². The molecule has 1 amide bonds. The summed E-state index contributed by atoms with van der Waals surface area (Å²) in [5.41, 5.74) is 0.200. The third kappa shape index (κ3) is 4.73. The first-order chi connectivity index (χ1) is 12.9. The molecular formula is C22H32N2O4. The quantitative estimate of drug-likeness (QED) is 0.776. The number of carbonyl (C=O) groups is 2. The van der Waals surface area contributed by atoms with Gasteiger partial charge in [0.2, 0.25) is 0 Å². The van der Waals surface area contributed by atoms with Crippen molar-refractivity contribution in [3.05, 3.63) is 41.2 Å². The maximum atomic E-state index is 13.1. The van der Waals surface area contributed by atoms with Crippen LogP contribution in [0.1, 0.15) is 46.2 Å². The summed E-state index contributed by atoms with van der Waals surface area (Å²) in [5, 5.41) is 10.6. The van der Waals surface area contributed by atoms with Crippen LogP contribution in [-0.2, 0) is 9.59 Å². The maximum absolute atomic E-state index is 13.1. The minimum Gasteiger partial charge on any atom is -0.503 e. The first kappa shape index (κ1) is 22.0. The number of aliphatic hydroxyl groups is 1. The molecule has 0 saturated heterocycles. The molecule has 1 aromatic rings. The van der Waals surface area contributed by atoms with Crippen molar-refractivity contribution in [1.29, 1.82) is 0 Å². The SMILES string of the molecule is CC(C)Oc1cccc(C2C(C(=O)C(C)(C)C)=C(O)C(=O)N2CCN(C)C)c1. The van der Waals surface area contributed by atoms with E-state index in [1.54, 1.807) is 25.7 Å². The molecule has 2 rings (SSSR count). The molecule has 154 valence electrons. The molecule has 1 N–H and O–H groups in total. The van der Waals surface area contributed by atoms with E-state index in [0.29, 0.717) is 18.8 Å². The number of rotatable bonds is 7. The number of amides is 1. The molecule has 0 radical (unpaired) electrons. The molecule has 0 fully saturated rings. The third-order valence-electron chi connectivity index (χ3n) is 4.56. The predicted octanol–water partition coefficient (Wildman–Crippen LogP) is 3.35. The number of ketones is 1. The first-order valence-corrected chi connectivity index (χ1v) is 9.63. The highest BCUT2D eigenvalue weighted by Crippen LogP contribution is 2.41. The second-order valence-electron chi connectivity index (χ2n) is 8.78. The summed E-state index contributed by atoms with van der Waals surface area (Å²) >= 11 is 0. The van der Waals surface area contributed by atoms with Gasteiger partial charge in [-0.3, -0.25) is 9.59 Å². The molecule has 0 aromatic heterocycles. The molecule has 6 heteroatoms. The van der Waals surface area contributed by atoms with Gasteiger partial charge in [0.05, 0.1) is 17.7 Å². The summed E-state index contributed by atoms with van der Waals surface area (Å²) in [6, 6.07) is 6.77. The van der Waals surface area contributed by atoms with Crippen molar-refractivity contribution in [2.45, 2.75) is 46.8 Å². The van der Waals surface area contributed by atoms with Crippen molar-refractivity contribution in [3.8, 4) is 5.75 Å². The number of ether oxygens (including phenoxy) is 1. The Morgan fingerprint density at radius 1 is 1.29 bits per heavy atom. The van der Waals surface area contributed by atoms with E-state index in [2.05, 4.69) is 0 Å². The van der Waals surface area contributed by atoms with E-state index in [1.807, 2.05) is 57.1 Å². The number of hydrogen-bond acceptors (Lipinski definition) is 5. The lowest BCUT2D eigenvalue weighted by atomic mass is 9.82. The van der Waals surface area contributed by atoms with Gasteiger partial charge in [-0.15, -0.1) is 0 Å². The van der Waals surface area contributed by atoms with Gasteiger partial charge in [-0.2, -0.15) is 0 Å². The van der Waals surface area contributed by atoms with Crippen molar-refractivity contribution < 1.29 is 19.4 Å². The molecule has 1 atom stereocenters. The summed E-state index contributed by atoms with van der Waals surface area (Å²) in [5.74, 6) is -0.513. The number of likely N-dealkylation sites (N-methyl/N-ethyl adjacent to an activating group) is 1. The van der Waals surface area contributed by atoms with E-state index in [-0.39, 0.29) is 17.5 Å².